The summed E-state index contributed by atoms with van der Waals surface area (Å²) in [7, 11) is 0. The zero-order chi connectivity index (χ0) is 11.6. The fraction of sp³-hybridized carbons (Fsp3) is 0.222. The fourth-order valence-electron chi connectivity index (χ4n) is 1.10. The van der Waals surface area contributed by atoms with Crippen molar-refractivity contribution in [3.8, 4) is 0 Å². The summed E-state index contributed by atoms with van der Waals surface area (Å²) in [5.74, 6) is -1.23. The highest BCUT2D eigenvalue weighted by Gasteiger charge is 2.33. The average molecular weight is 239 g/mol. The van der Waals surface area contributed by atoms with Crippen molar-refractivity contribution < 1.29 is 23.1 Å². The number of carbonyl (C=O) groups is 1. The molecule has 0 fully saturated rings. The zero-order valence-electron chi connectivity index (χ0n) is 7.31. The molecule has 1 aromatic rings. The van der Waals surface area contributed by atoms with Gasteiger partial charge in [0.15, 0.2) is 0 Å². The number of benzene rings is 1. The number of carboxylic acids is 1. The molecule has 0 unspecified atom stereocenters. The van der Waals surface area contributed by atoms with E-state index in [2.05, 4.69) is 0 Å². The van der Waals surface area contributed by atoms with Crippen LogP contribution in [0.2, 0.25) is 5.02 Å². The van der Waals surface area contributed by atoms with Crippen molar-refractivity contribution in [1.29, 1.82) is 0 Å². The first kappa shape index (κ1) is 11.8. The Morgan fingerprint density at radius 2 is 2.00 bits per heavy atom. The number of alkyl halides is 3. The Kier molecular flexibility index (Phi) is 3.24. The predicted molar refractivity (Wildman–Crippen MR) is 47.8 cm³/mol. The summed E-state index contributed by atoms with van der Waals surface area (Å²) in [4.78, 5) is 10.3. The second-order valence-electron chi connectivity index (χ2n) is 2.85. The monoisotopic (exact) mass is 238 g/mol. The van der Waals surface area contributed by atoms with Crippen molar-refractivity contribution >= 4 is 17.6 Å². The zero-order valence-corrected chi connectivity index (χ0v) is 8.06. The summed E-state index contributed by atoms with van der Waals surface area (Å²) in [5.41, 5.74) is -1.05. The van der Waals surface area contributed by atoms with Crippen molar-refractivity contribution in [1.82, 2.24) is 0 Å². The lowest BCUT2D eigenvalue weighted by Gasteiger charge is -2.10. The molecule has 0 saturated carbocycles. The van der Waals surface area contributed by atoms with Crippen LogP contribution in [0.3, 0.4) is 0 Å². The van der Waals surface area contributed by atoms with E-state index in [0.717, 1.165) is 12.1 Å². The van der Waals surface area contributed by atoms with Crippen molar-refractivity contribution in [3.63, 3.8) is 0 Å². The third-order valence-corrected chi connectivity index (χ3v) is 2.17. The summed E-state index contributed by atoms with van der Waals surface area (Å²) in [5, 5.41) is 7.90. The molecule has 0 spiro atoms. The van der Waals surface area contributed by atoms with Crippen molar-refractivity contribution in [2.75, 3.05) is 0 Å². The normalized spacial score (nSPS) is 11.5. The van der Waals surface area contributed by atoms with Gasteiger partial charge in [-0.15, -0.1) is 0 Å². The molecule has 1 rings (SSSR count). The maximum atomic E-state index is 12.3. The van der Waals surface area contributed by atoms with Gasteiger partial charge in [-0.3, -0.25) is 4.79 Å². The Morgan fingerprint density at radius 1 is 1.40 bits per heavy atom. The van der Waals surface area contributed by atoms with Crippen LogP contribution in [0.15, 0.2) is 18.2 Å². The van der Waals surface area contributed by atoms with E-state index in [9.17, 15) is 18.0 Å². The van der Waals surface area contributed by atoms with Gasteiger partial charge < -0.3 is 5.11 Å². The largest absolute Gasteiger partial charge is 0.481 e. The lowest BCUT2D eigenvalue weighted by Crippen LogP contribution is -2.09. The minimum absolute atomic E-state index is 0.0426. The molecule has 6 heteroatoms. The van der Waals surface area contributed by atoms with Crippen LogP contribution in [0.1, 0.15) is 11.1 Å². The maximum Gasteiger partial charge on any atom is 0.417 e. The first-order valence-corrected chi connectivity index (χ1v) is 4.26. The predicted octanol–water partition coefficient (Wildman–Crippen LogP) is 2.99. The van der Waals surface area contributed by atoms with Crippen LogP contribution < -0.4 is 0 Å². The maximum absolute atomic E-state index is 12.3. The topological polar surface area (TPSA) is 37.3 Å². The van der Waals surface area contributed by atoms with Crippen LogP contribution in [0.4, 0.5) is 13.2 Å². The summed E-state index contributed by atoms with van der Waals surface area (Å²) < 4.78 is 37.0. The van der Waals surface area contributed by atoms with E-state index >= 15 is 0 Å². The van der Waals surface area contributed by atoms with Gasteiger partial charge in [0.1, 0.15) is 0 Å². The fourth-order valence-corrected chi connectivity index (χ4v) is 1.40. The number of carboxylic acid groups (broad SMARTS) is 1. The van der Waals surface area contributed by atoms with Gasteiger partial charge in [-0.2, -0.15) is 13.2 Å². The van der Waals surface area contributed by atoms with Crippen LogP contribution >= 0.6 is 11.6 Å². The highest BCUT2D eigenvalue weighted by Crippen LogP contribution is 2.36. The molecule has 0 amide bonds. The van der Waals surface area contributed by atoms with Gasteiger partial charge in [-0.25, -0.2) is 0 Å². The van der Waals surface area contributed by atoms with Crippen LogP contribution in [0, 0.1) is 0 Å². The Bertz CT molecular complexity index is 387. The summed E-state index contributed by atoms with van der Waals surface area (Å²) >= 11 is 5.45. The second-order valence-corrected chi connectivity index (χ2v) is 3.22. The number of halogens is 4. The van der Waals surface area contributed by atoms with Gasteiger partial charge >= 0.3 is 12.1 Å². The molecule has 0 bridgehead atoms. The van der Waals surface area contributed by atoms with Crippen molar-refractivity contribution in [2.24, 2.45) is 0 Å². The van der Waals surface area contributed by atoms with E-state index in [1.165, 1.54) is 6.07 Å². The molecule has 0 aliphatic carbocycles. The number of hydrogen-bond donors (Lipinski definition) is 1. The number of hydrogen-bond acceptors (Lipinski definition) is 1. The van der Waals surface area contributed by atoms with E-state index < -0.39 is 29.2 Å². The Hall–Kier alpha value is -1.23. The molecule has 0 radical (unpaired) electrons. The molecular weight excluding hydrogens is 233 g/mol. The minimum atomic E-state index is -4.56. The smallest absolute Gasteiger partial charge is 0.417 e. The molecule has 1 aromatic carbocycles. The van der Waals surface area contributed by atoms with E-state index in [4.69, 9.17) is 16.7 Å². The SMILES string of the molecule is O=C(O)Cc1cccc(C(F)(F)F)c1Cl. The molecular formula is C9H6ClF3O2. The number of aliphatic carboxylic acids is 1. The molecule has 1 N–H and O–H groups in total. The molecule has 15 heavy (non-hydrogen) atoms. The minimum Gasteiger partial charge on any atom is -0.481 e. The van der Waals surface area contributed by atoms with Gasteiger partial charge in [0.05, 0.1) is 17.0 Å². The van der Waals surface area contributed by atoms with Crippen LogP contribution in [-0.2, 0) is 17.4 Å². The average Bonchev–Trinajstić information content (AvgIpc) is 2.05. The van der Waals surface area contributed by atoms with E-state index in [-0.39, 0.29) is 5.56 Å². The Morgan fingerprint density at radius 3 is 2.47 bits per heavy atom. The molecule has 0 aliphatic heterocycles. The van der Waals surface area contributed by atoms with Gasteiger partial charge in [-0.05, 0) is 11.6 Å². The summed E-state index contributed by atoms with van der Waals surface area (Å²) in [6, 6.07) is 3.20. The third-order valence-electron chi connectivity index (χ3n) is 1.73. The van der Waals surface area contributed by atoms with E-state index in [1.54, 1.807) is 0 Å². The van der Waals surface area contributed by atoms with Crippen molar-refractivity contribution in [3.05, 3.63) is 34.3 Å². The lowest BCUT2D eigenvalue weighted by molar-refractivity contribution is -0.138. The summed E-state index contributed by atoms with van der Waals surface area (Å²) in [6.07, 6.45) is -5.09. The molecule has 2 nitrogen and oxygen atoms in total. The first-order valence-electron chi connectivity index (χ1n) is 3.88. The highest BCUT2D eigenvalue weighted by molar-refractivity contribution is 6.32. The Labute approximate surface area is 88.3 Å². The van der Waals surface area contributed by atoms with E-state index in [1.807, 2.05) is 0 Å². The quantitative estimate of drug-likeness (QED) is 0.860. The number of rotatable bonds is 2. The molecule has 0 aromatic heterocycles. The first-order chi connectivity index (χ1) is 6.82. The molecule has 0 heterocycles. The van der Waals surface area contributed by atoms with Gasteiger partial charge in [0.2, 0.25) is 0 Å². The highest BCUT2D eigenvalue weighted by atomic mass is 35.5. The van der Waals surface area contributed by atoms with Crippen LogP contribution in [0.5, 0.6) is 0 Å². The second kappa shape index (κ2) is 4.10. The van der Waals surface area contributed by atoms with Crippen molar-refractivity contribution in [2.45, 2.75) is 12.6 Å². The lowest BCUT2D eigenvalue weighted by atomic mass is 10.1. The molecule has 82 valence electrons. The molecule has 0 atom stereocenters. The van der Waals surface area contributed by atoms with Gasteiger partial charge in [0.25, 0.3) is 0 Å². The molecule has 0 saturated heterocycles. The standard InChI is InChI=1S/C9H6ClF3O2/c10-8-5(4-7(14)15)2-1-3-6(8)9(11,12)13/h1-3H,4H2,(H,14,15). The molecule has 0 aliphatic rings. The van der Waals surface area contributed by atoms with Gasteiger partial charge in [0, 0.05) is 0 Å². The van der Waals surface area contributed by atoms with Crippen LogP contribution in [0.25, 0.3) is 0 Å². The van der Waals surface area contributed by atoms with Gasteiger partial charge in [-0.1, -0.05) is 23.7 Å². The third kappa shape index (κ3) is 2.86. The Balaban J connectivity index is 3.17. The van der Waals surface area contributed by atoms with Crippen LogP contribution in [-0.4, -0.2) is 11.1 Å². The summed E-state index contributed by atoms with van der Waals surface area (Å²) in [6.45, 7) is 0. The van der Waals surface area contributed by atoms with E-state index in [0.29, 0.717) is 0 Å².